The Labute approximate surface area is 379 Å². The highest BCUT2D eigenvalue weighted by Crippen LogP contribution is 2.51. The molecule has 4 aromatic carbocycles. The van der Waals surface area contributed by atoms with Gasteiger partial charge in [-0.15, -0.1) is 0 Å². The molecular formula is C55H56O10. The van der Waals surface area contributed by atoms with Gasteiger partial charge in [0.25, 0.3) is 0 Å². The summed E-state index contributed by atoms with van der Waals surface area (Å²) in [6, 6.07) is 29.2. The fourth-order valence-electron chi connectivity index (χ4n) is 10.8. The summed E-state index contributed by atoms with van der Waals surface area (Å²) < 4.78 is 31.4. The van der Waals surface area contributed by atoms with E-state index >= 15 is 0 Å². The van der Waals surface area contributed by atoms with Crippen LogP contribution in [0.2, 0.25) is 0 Å². The maximum Gasteiger partial charge on any atom is 0.339 e. The summed E-state index contributed by atoms with van der Waals surface area (Å²) in [6.07, 6.45) is 2.47. The van der Waals surface area contributed by atoms with Gasteiger partial charge in [-0.25, -0.2) is 9.59 Å². The molecule has 65 heavy (non-hydrogen) atoms. The van der Waals surface area contributed by atoms with Gasteiger partial charge in [-0.3, -0.25) is 4.79 Å². The van der Waals surface area contributed by atoms with Crippen LogP contribution in [0.25, 0.3) is 11.0 Å². The molecule has 2 N–H and O–H groups in total. The highest BCUT2D eigenvalue weighted by molar-refractivity contribution is 5.90. The second-order valence-corrected chi connectivity index (χ2v) is 18.4. The van der Waals surface area contributed by atoms with Crippen molar-refractivity contribution in [3.8, 4) is 17.6 Å². The van der Waals surface area contributed by atoms with Crippen molar-refractivity contribution in [2.45, 2.75) is 114 Å². The number of hydrogen-bond acceptors (Lipinski definition) is 10. The van der Waals surface area contributed by atoms with Crippen molar-refractivity contribution >= 4 is 22.9 Å². The minimum Gasteiger partial charge on any atom is -0.482 e. The summed E-state index contributed by atoms with van der Waals surface area (Å²) in [6.45, 7) is 2.90. The Hall–Kier alpha value is -5.99. The lowest BCUT2D eigenvalue weighted by Crippen LogP contribution is -2.54. The SMILES string of the molecule is COCCc1c(CO)c2ccc3c(c2oc1=O)[C@H]1OC(=O)C[C@H]2C[C@@H](c4cccc(Cc5ccccc5)c4)CC[C@@H]2c2ccc4cc2CC#CC[C@@](C)(O3)[C@H]1OC(=O)/C(=C(/C)CO)CC4. The smallest absolute Gasteiger partial charge is 0.339 e. The van der Waals surface area contributed by atoms with Gasteiger partial charge in [-0.1, -0.05) is 84.6 Å². The van der Waals surface area contributed by atoms with Crippen LogP contribution < -0.4 is 10.4 Å². The van der Waals surface area contributed by atoms with Gasteiger partial charge in [0.15, 0.2) is 17.8 Å². The fraction of sp³-hybridized carbons (Fsp3) is 0.400. The Morgan fingerprint density at radius 3 is 2.52 bits per heavy atom. The molecule has 0 saturated heterocycles. The van der Waals surface area contributed by atoms with E-state index in [1.54, 1.807) is 26.0 Å². The number of methoxy groups -OCH3 is 1. The molecule has 5 bridgehead atoms. The van der Waals surface area contributed by atoms with E-state index in [1.807, 2.05) is 6.07 Å². The third-order valence-electron chi connectivity index (χ3n) is 14.2. The average Bonchev–Trinajstić information content (AvgIpc) is 3.30. The van der Waals surface area contributed by atoms with Gasteiger partial charge in [-0.05, 0) is 127 Å². The molecule has 4 aliphatic rings. The third kappa shape index (κ3) is 8.90. The molecule has 0 amide bonds. The molecule has 9 rings (SSSR count). The van der Waals surface area contributed by atoms with Crippen LogP contribution in [0.4, 0.5) is 0 Å². The van der Waals surface area contributed by atoms with Gasteiger partial charge in [0.1, 0.15) is 11.3 Å². The van der Waals surface area contributed by atoms with E-state index < -0.39 is 42.0 Å². The first-order valence-corrected chi connectivity index (χ1v) is 22.9. The van der Waals surface area contributed by atoms with Gasteiger partial charge in [-0.2, -0.15) is 0 Å². The third-order valence-corrected chi connectivity index (χ3v) is 14.2. The van der Waals surface area contributed by atoms with Gasteiger partial charge in [0, 0.05) is 42.9 Å². The van der Waals surface area contributed by atoms with Crippen molar-refractivity contribution in [2.75, 3.05) is 20.3 Å². The Bertz CT molecular complexity index is 2770. The molecule has 0 radical (unpaired) electrons. The highest BCUT2D eigenvalue weighted by Gasteiger charge is 2.53. The molecule has 10 heteroatoms. The molecular weight excluding hydrogens is 821 g/mol. The second kappa shape index (κ2) is 18.9. The first kappa shape index (κ1) is 44.2. The molecule has 10 nitrogen and oxygen atoms in total. The minimum absolute atomic E-state index is 0.0393. The van der Waals surface area contributed by atoms with Crippen LogP contribution in [-0.2, 0) is 56.1 Å². The van der Waals surface area contributed by atoms with Crippen molar-refractivity contribution < 1.29 is 43.2 Å². The van der Waals surface area contributed by atoms with Crippen molar-refractivity contribution in [1.82, 2.24) is 0 Å². The number of ether oxygens (including phenoxy) is 4. The number of carbonyl (C=O) groups excluding carboxylic acids is 2. The van der Waals surface area contributed by atoms with Crippen LogP contribution in [0.15, 0.2) is 105 Å². The average molecular weight is 877 g/mol. The summed E-state index contributed by atoms with van der Waals surface area (Å²) in [5, 5.41) is 21.5. The molecule has 1 saturated carbocycles. The summed E-state index contributed by atoms with van der Waals surface area (Å²) in [5.41, 5.74) is 6.73. The first-order valence-electron chi connectivity index (χ1n) is 22.9. The van der Waals surface area contributed by atoms with E-state index in [1.165, 1.54) is 29.4 Å². The van der Waals surface area contributed by atoms with Crippen molar-refractivity contribution in [1.29, 1.82) is 0 Å². The molecule has 1 aliphatic carbocycles. The molecule has 1 aromatic heterocycles. The Morgan fingerprint density at radius 1 is 0.892 bits per heavy atom. The molecule has 336 valence electrons. The lowest BCUT2D eigenvalue weighted by molar-refractivity contribution is -0.190. The van der Waals surface area contributed by atoms with Crippen LogP contribution >= 0.6 is 0 Å². The fourth-order valence-corrected chi connectivity index (χ4v) is 10.8. The summed E-state index contributed by atoms with van der Waals surface area (Å²) in [4.78, 5) is 43.4. The normalized spacial score (nSPS) is 24.8. The maximum atomic E-state index is 15.0. The van der Waals surface area contributed by atoms with E-state index in [2.05, 4.69) is 78.6 Å². The predicted octanol–water partition coefficient (Wildman–Crippen LogP) is 8.67. The molecule has 6 atom stereocenters. The number of rotatable bonds is 8. The number of hydrogen-bond donors (Lipinski definition) is 2. The standard InChI is InChI=1S/C55H56O10/c1-33(31-56)41-18-15-35-16-19-42-39(27-35)13-7-8-24-55(2)52(64-53(41)59)51(49-47(65-55)22-21-44-46(32-57)45(23-25-61-3)54(60)63-50(44)49)62-48(58)30-40-29-38(17-20-43(40)42)37-14-9-12-36(28-37)26-34-10-5-4-6-11-34/h4-6,9-12,14,16,19,21-22,27-28,38,40,43,51-52,56-57H,13,15,17-18,20,23-26,29-32H2,1-3H3/b41-33-/t38-,40+,43-,51+,52-,55+/m0/s1. The predicted molar refractivity (Wildman–Crippen MR) is 246 cm³/mol. The van der Waals surface area contributed by atoms with E-state index in [-0.39, 0.29) is 72.7 Å². The number of esters is 2. The van der Waals surface area contributed by atoms with Crippen LogP contribution in [0.1, 0.15) is 120 Å². The number of aryl methyl sites for hydroxylation is 1. The van der Waals surface area contributed by atoms with E-state index in [4.69, 9.17) is 23.4 Å². The first-order chi connectivity index (χ1) is 31.6. The van der Waals surface area contributed by atoms with Crippen LogP contribution in [0, 0.1) is 17.8 Å². The minimum atomic E-state index is -1.35. The highest BCUT2D eigenvalue weighted by atomic mass is 16.6. The quantitative estimate of drug-likeness (QED) is 0.0674. The van der Waals surface area contributed by atoms with Gasteiger partial charge in [0.2, 0.25) is 0 Å². The molecule has 3 aliphatic heterocycles. The number of aliphatic hydroxyl groups is 2. The molecule has 4 heterocycles. The zero-order valence-corrected chi connectivity index (χ0v) is 37.3. The van der Waals surface area contributed by atoms with Crippen molar-refractivity contribution in [3.05, 3.63) is 157 Å². The van der Waals surface area contributed by atoms with Crippen LogP contribution in [0.3, 0.4) is 0 Å². The number of carbonyl (C=O) groups is 2. The monoisotopic (exact) mass is 876 g/mol. The molecule has 5 aromatic rings. The Balaban J connectivity index is 1.19. The number of benzene rings is 4. The summed E-state index contributed by atoms with van der Waals surface area (Å²) in [7, 11) is 1.53. The van der Waals surface area contributed by atoms with E-state index in [9.17, 15) is 24.6 Å². The lowest BCUT2D eigenvalue weighted by Gasteiger charge is -2.45. The van der Waals surface area contributed by atoms with Crippen LogP contribution in [-0.4, -0.2) is 54.2 Å². The Morgan fingerprint density at radius 2 is 1.72 bits per heavy atom. The largest absolute Gasteiger partial charge is 0.482 e. The van der Waals surface area contributed by atoms with E-state index in [0.717, 1.165) is 36.8 Å². The van der Waals surface area contributed by atoms with Gasteiger partial charge >= 0.3 is 17.6 Å². The van der Waals surface area contributed by atoms with Gasteiger partial charge < -0.3 is 33.6 Å². The number of aliphatic hydroxyl groups excluding tert-OH is 2. The molecule has 0 spiro atoms. The zero-order chi connectivity index (χ0) is 45.2. The zero-order valence-electron chi connectivity index (χ0n) is 37.3. The number of fused-ring (bicyclic) bond motifs is 9. The van der Waals surface area contributed by atoms with Crippen LogP contribution in [0.5, 0.6) is 5.75 Å². The summed E-state index contributed by atoms with van der Waals surface area (Å²) >= 11 is 0. The lowest BCUT2D eigenvalue weighted by atomic mass is 9.67. The summed E-state index contributed by atoms with van der Waals surface area (Å²) in [5.74, 6) is 6.04. The topological polar surface area (TPSA) is 142 Å². The van der Waals surface area contributed by atoms with Crippen molar-refractivity contribution in [2.24, 2.45) is 5.92 Å². The second-order valence-electron chi connectivity index (χ2n) is 18.4. The molecule has 1 fully saturated rings. The van der Waals surface area contributed by atoms with Crippen molar-refractivity contribution in [3.63, 3.8) is 0 Å². The Kier molecular flexibility index (Phi) is 12.8. The molecule has 0 unspecified atom stereocenters. The van der Waals surface area contributed by atoms with Gasteiger partial charge in [0.05, 0.1) is 31.8 Å². The van der Waals surface area contributed by atoms with E-state index in [0.29, 0.717) is 41.4 Å². The maximum absolute atomic E-state index is 15.0.